The highest BCUT2D eigenvalue weighted by Crippen LogP contribution is 2.36. The van der Waals surface area contributed by atoms with Crippen LogP contribution in [-0.2, 0) is 9.05 Å². The Morgan fingerprint density at radius 3 is 2.33 bits per heavy atom. The molecule has 0 fully saturated rings. The van der Waals surface area contributed by atoms with Gasteiger partial charge < -0.3 is 0 Å². The minimum absolute atomic E-state index is 0.242. The van der Waals surface area contributed by atoms with Crippen LogP contribution in [-0.4, -0.2) is 13.3 Å². The van der Waals surface area contributed by atoms with Crippen molar-refractivity contribution in [3.8, 4) is 0 Å². The van der Waals surface area contributed by atoms with Gasteiger partial charge >= 0.3 is 5.69 Å². The van der Waals surface area contributed by atoms with E-state index in [0.29, 0.717) is 0 Å². The predicted molar refractivity (Wildman–Crippen MR) is 63.9 cm³/mol. The van der Waals surface area contributed by atoms with Gasteiger partial charge in [0.1, 0.15) is 9.92 Å². The molecular formula is C6H2Cl2INO4S. The van der Waals surface area contributed by atoms with Gasteiger partial charge in [-0.2, -0.15) is 0 Å². The van der Waals surface area contributed by atoms with E-state index in [4.69, 9.17) is 22.3 Å². The molecule has 1 aromatic carbocycles. The van der Waals surface area contributed by atoms with Crippen LogP contribution in [0.2, 0.25) is 5.02 Å². The molecular weight excluding hydrogens is 380 g/mol. The maximum atomic E-state index is 11.0. The Bertz CT molecular complexity index is 530. The Balaban J connectivity index is 3.64. The monoisotopic (exact) mass is 381 g/mol. The van der Waals surface area contributed by atoms with Crippen molar-refractivity contribution in [2.75, 3.05) is 0 Å². The third kappa shape index (κ3) is 2.71. The molecule has 0 atom stereocenters. The molecule has 0 radical (unpaired) electrons. The number of halogens is 3. The van der Waals surface area contributed by atoms with Gasteiger partial charge in [-0.3, -0.25) is 10.1 Å². The average Bonchev–Trinajstić information content (AvgIpc) is 2.00. The lowest BCUT2D eigenvalue weighted by molar-refractivity contribution is -0.385. The molecule has 0 heterocycles. The lowest BCUT2D eigenvalue weighted by Crippen LogP contribution is -1.98. The van der Waals surface area contributed by atoms with Crippen LogP contribution in [0.25, 0.3) is 0 Å². The van der Waals surface area contributed by atoms with Gasteiger partial charge in [-0.05, 0) is 34.7 Å². The molecule has 0 aromatic heterocycles. The molecule has 5 nitrogen and oxygen atoms in total. The molecule has 0 aliphatic rings. The van der Waals surface area contributed by atoms with E-state index in [9.17, 15) is 18.5 Å². The number of rotatable bonds is 2. The molecule has 0 bridgehead atoms. The summed E-state index contributed by atoms with van der Waals surface area (Å²) in [6, 6.07) is 2.39. The SMILES string of the molecule is O=[N+]([O-])c1c(I)ccc(S(=O)(=O)Cl)c1Cl. The topological polar surface area (TPSA) is 77.3 Å². The Morgan fingerprint density at radius 1 is 1.40 bits per heavy atom. The molecule has 0 amide bonds. The summed E-state index contributed by atoms with van der Waals surface area (Å²) >= 11 is 7.27. The van der Waals surface area contributed by atoms with E-state index < -0.39 is 29.6 Å². The molecule has 0 saturated carbocycles. The van der Waals surface area contributed by atoms with E-state index in [2.05, 4.69) is 0 Å². The second-order valence-electron chi connectivity index (χ2n) is 2.40. The molecule has 0 N–H and O–H groups in total. The van der Waals surface area contributed by atoms with Crippen molar-refractivity contribution in [1.29, 1.82) is 0 Å². The van der Waals surface area contributed by atoms with Gasteiger partial charge in [-0.15, -0.1) is 0 Å². The van der Waals surface area contributed by atoms with E-state index >= 15 is 0 Å². The molecule has 0 unspecified atom stereocenters. The molecule has 0 spiro atoms. The summed E-state index contributed by atoms with van der Waals surface area (Å²) in [5, 5.41) is 10.1. The zero-order valence-electron chi connectivity index (χ0n) is 6.78. The van der Waals surface area contributed by atoms with Crippen LogP contribution in [0.1, 0.15) is 0 Å². The average molecular weight is 382 g/mol. The highest BCUT2D eigenvalue weighted by atomic mass is 127. The first-order chi connectivity index (χ1) is 6.75. The largest absolute Gasteiger partial charge is 0.302 e. The molecule has 0 aliphatic carbocycles. The van der Waals surface area contributed by atoms with E-state index in [1.165, 1.54) is 6.07 Å². The highest BCUT2D eigenvalue weighted by Gasteiger charge is 2.25. The van der Waals surface area contributed by atoms with Gasteiger partial charge in [0, 0.05) is 10.7 Å². The van der Waals surface area contributed by atoms with Gasteiger partial charge in [0.25, 0.3) is 9.05 Å². The molecule has 9 heteroatoms. The number of nitro benzene ring substituents is 1. The summed E-state index contributed by atoms with van der Waals surface area (Å²) in [7, 11) is 0.982. The van der Waals surface area contributed by atoms with Crippen molar-refractivity contribution in [3.05, 3.63) is 30.8 Å². The Hall–Kier alpha value is -0.120. The van der Waals surface area contributed by atoms with Crippen LogP contribution in [0.3, 0.4) is 0 Å². The third-order valence-electron chi connectivity index (χ3n) is 1.48. The summed E-state index contributed by atoms with van der Waals surface area (Å²) < 4.78 is 22.2. The van der Waals surface area contributed by atoms with Crippen molar-refractivity contribution in [2.45, 2.75) is 4.90 Å². The minimum atomic E-state index is -4.07. The first-order valence-electron chi connectivity index (χ1n) is 3.32. The second kappa shape index (κ2) is 4.40. The summed E-state index contributed by atoms with van der Waals surface area (Å²) in [6.07, 6.45) is 0. The van der Waals surface area contributed by atoms with Crippen molar-refractivity contribution in [3.63, 3.8) is 0 Å². The van der Waals surface area contributed by atoms with Gasteiger partial charge in [-0.1, -0.05) is 11.6 Å². The molecule has 82 valence electrons. The summed E-state index contributed by atoms with van der Waals surface area (Å²) in [5.41, 5.74) is -0.459. The lowest BCUT2D eigenvalue weighted by atomic mass is 10.3. The molecule has 0 aliphatic heterocycles. The number of nitro groups is 1. The van der Waals surface area contributed by atoms with Crippen molar-refractivity contribution < 1.29 is 13.3 Å². The zero-order valence-corrected chi connectivity index (χ0v) is 11.3. The summed E-state index contributed by atoms with van der Waals surface area (Å²) in [4.78, 5) is 9.39. The van der Waals surface area contributed by atoms with Crippen LogP contribution in [0.4, 0.5) is 5.69 Å². The van der Waals surface area contributed by atoms with Gasteiger partial charge in [0.2, 0.25) is 0 Å². The maximum absolute atomic E-state index is 11.0. The van der Waals surface area contributed by atoms with Gasteiger partial charge in [-0.25, -0.2) is 8.42 Å². The lowest BCUT2D eigenvalue weighted by Gasteiger charge is -2.02. The third-order valence-corrected chi connectivity index (χ3v) is 4.21. The quantitative estimate of drug-likeness (QED) is 0.341. The van der Waals surface area contributed by atoms with Crippen LogP contribution in [0, 0.1) is 13.7 Å². The Kier molecular flexibility index (Phi) is 3.80. The van der Waals surface area contributed by atoms with E-state index in [1.54, 1.807) is 22.6 Å². The molecule has 1 rings (SSSR count). The van der Waals surface area contributed by atoms with Crippen LogP contribution in [0.5, 0.6) is 0 Å². The first-order valence-corrected chi connectivity index (χ1v) is 7.09. The van der Waals surface area contributed by atoms with E-state index in [-0.39, 0.29) is 3.57 Å². The van der Waals surface area contributed by atoms with Crippen LogP contribution >= 0.6 is 44.9 Å². The maximum Gasteiger partial charge on any atom is 0.302 e. The minimum Gasteiger partial charge on any atom is -0.258 e. The number of hydrogen-bond donors (Lipinski definition) is 0. The van der Waals surface area contributed by atoms with Crippen LogP contribution in [0.15, 0.2) is 17.0 Å². The molecule has 1 aromatic rings. The predicted octanol–water partition coefficient (Wildman–Crippen LogP) is 2.78. The fraction of sp³-hybridized carbons (Fsp3) is 0. The smallest absolute Gasteiger partial charge is 0.258 e. The van der Waals surface area contributed by atoms with Gasteiger partial charge in [0.15, 0.2) is 0 Å². The zero-order chi connectivity index (χ0) is 11.8. The highest BCUT2D eigenvalue weighted by molar-refractivity contribution is 14.1. The normalized spacial score (nSPS) is 11.4. The van der Waals surface area contributed by atoms with Gasteiger partial charge in [0.05, 0.1) is 8.49 Å². The summed E-state index contributed by atoms with van der Waals surface area (Å²) in [6.45, 7) is 0. The van der Waals surface area contributed by atoms with Crippen molar-refractivity contribution >= 4 is 59.6 Å². The number of benzene rings is 1. The Labute approximate surface area is 108 Å². The van der Waals surface area contributed by atoms with Crippen molar-refractivity contribution in [2.24, 2.45) is 0 Å². The van der Waals surface area contributed by atoms with Crippen LogP contribution < -0.4 is 0 Å². The number of nitrogens with zero attached hydrogens (tertiary/aromatic N) is 1. The standard InChI is InChI=1S/C6H2Cl2INO4S/c7-5-4(15(8,13)14)2-1-3(9)6(5)10(11)12/h1-2H. The fourth-order valence-electron chi connectivity index (χ4n) is 0.878. The molecule has 15 heavy (non-hydrogen) atoms. The second-order valence-corrected chi connectivity index (χ2v) is 6.48. The Morgan fingerprint density at radius 2 is 1.93 bits per heavy atom. The molecule has 0 saturated heterocycles. The van der Waals surface area contributed by atoms with E-state index in [1.807, 2.05) is 0 Å². The number of hydrogen-bond acceptors (Lipinski definition) is 4. The van der Waals surface area contributed by atoms with Crippen molar-refractivity contribution in [1.82, 2.24) is 0 Å². The fourth-order valence-corrected chi connectivity index (χ4v) is 3.27. The summed E-state index contributed by atoms with van der Waals surface area (Å²) in [5.74, 6) is 0. The first kappa shape index (κ1) is 12.9. The van der Waals surface area contributed by atoms with E-state index in [0.717, 1.165) is 6.07 Å².